The van der Waals surface area contributed by atoms with Crippen LogP contribution in [0, 0.1) is 5.92 Å². The van der Waals surface area contributed by atoms with Crippen molar-refractivity contribution in [1.82, 2.24) is 5.43 Å². The Kier molecular flexibility index (Phi) is 2.51. The Balaban J connectivity index is 2.43. The third-order valence-electron chi connectivity index (χ3n) is 1.89. The summed E-state index contributed by atoms with van der Waals surface area (Å²) >= 11 is 0. The van der Waals surface area contributed by atoms with Crippen LogP contribution in [0.5, 0.6) is 0 Å². The van der Waals surface area contributed by atoms with Crippen molar-refractivity contribution >= 4 is 9.84 Å². The third kappa shape index (κ3) is 3.18. The predicted molar refractivity (Wildman–Crippen MR) is 43.5 cm³/mol. The first-order chi connectivity index (χ1) is 5.03. The van der Waals surface area contributed by atoms with Gasteiger partial charge in [0.25, 0.3) is 0 Å². The number of hydrazine groups is 1. The monoisotopic (exact) mass is 178 g/mol. The van der Waals surface area contributed by atoms with Crippen molar-refractivity contribution in [2.45, 2.75) is 18.9 Å². The Morgan fingerprint density at radius 1 is 1.64 bits per heavy atom. The average molecular weight is 178 g/mol. The highest BCUT2D eigenvalue weighted by Crippen LogP contribution is 2.32. The van der Waals surface area contributed by atoms with Crippen molar-refractivity contribution in [2.75, 3.05) is 12.0 Å². The molecular weight excluding hydrogens is 164 g/mol. The van der Waals surface area contributed by atoms with Crippen LogP contribution < -0.4 is 11.3 Å². The largest absolute Gasteiger partial charge is 0.271 e. The van der Waals surface area contributed by atoms with Crippen LogP contribution in [0.4, 0.5) is 0 Å². The van der Waals surface area contributed by atoms with Crippen LogP contribution in [0.2, 0.25) is 0 Å². The van der Waals surface area contributed by atoms with E-state index in [2.05, 4.69) is 5.43 Å². The second-order valence-electron chi connectivity index (χ2n) is 3.20. The van der Waals surface area contributed by atoms with Crippen LogP contribution in [0.3, 0.4) is 0 Å². The van der Waals surface area contributed by atoms with Crippen LogP contribution in [0.1, 0.15) is 12.8 Å². The van der Waals surface area contributed by atoms with Gasteiger partial charge in [-0.15, -0.1) is 0 Å². The summed E-state index contributed by atoms with van der Waals surface area (Å²) < 4.78 is 21.7. The number of hydrogen-bond acceptors (Lipinski definition) is 4. The lowest BCUT2D eigenvalue weighted by Gasteiger charge is -2.12. The van der Waals surface area contributed by atoms with Gasteiger partial charge in [-0.2, -0.15) is 0 Å². The highest BCUT2D eigenvalue weighted by atomic mass is 32.2. The fourth-order valence-corrected chi connectivity index (χ4v) is 2.17. The molecule has 0 spiro atoms. The highest BCUT2D eigenvalue weighted by Gasteiger charge is 2.32. The standard InChI is InChI=1S/C6H14N2O2S/c1-11(9,10)4-6(8-7)5-2-3-5/h5-6,8H,2-4,7H2,1H3. The number of rotatable bonds is 4. The molecule has 1 fully saturated rings. The number of sulfone groups is 1. The van der Waals surface area contributed by atoms with E-state index in [0.29, 0.717) is 5.92 Å². The molecule has 3 N–H and O–H groups in total. The molecule has 1 unspecified atom stereocenters. The van der Waals surface area contributed by atoms with Crippen LogP contribution in [0.15, 0.2) is 0 Å². The van der Waals surface area contributed by atoms with E-state index in [1.807, 2.05) is 0 Å². The van der Waals surface area contributed by atoms with Crippen LogP contribution in [-0.4, -0.2) is 26.5 Å². The Hall–Kier alpha value is -0.130. The van der Waals surface area contributed by atoms with E-state index in [9.17, 15) is 8.42 Å². The van der Waals surface area contributed by atoms with Gasteiger partial charge in [-0.1, -0.05) is 0 Å². The third-order valence-corrected chi connectivity index (χ3v) is 2.85. The second kappa shape index (κ2) is 3.08. The Labute approximate surface area is 67.0 Å². The molecule has 0 aliphatic heterocycles. The van der Waals surface area contributed by atoms with Crippen molar-refractivity contribution < 1.29 is 8.42 Å². The van der Waals surface area contributed by atoms with Gasteiger partial charge in [-0.25, -0.2) is 8.42 Å². The number of nitrogens with two attached hydrogens (primary N) is 1. The van der Waals surface area contributed by atoms with E-state index < -0.39 is 9.84 Å². The van der Waals surface area contributed by atoms with Crippen LogP contribution in [0.25, 0.3) is 0 Å². The Morgan fingerprint density at radius 3 is 2.45 bits per heavy atom. The molecular formula is C6H14N2O2S. The zero-order valence-electron chi connectivity index (χ0n) is 6.58. The van der Waals surface area contributed by atoms with E-state index in [1.165, 1.54) is 6.26 Å². The molecule has 1 saturated carbocycles. The lowest BCUT2D eigenvalue weighted by molar-refractivity contribution is 0.504. The van der Waals surface area contributed by atoms with Gasteiger partial charge in [-0.05, 0) is 18.8 Å². The zero-order valence-corrected chi connectivity index (χ0v) is 7.39. The minimum Gasteiger partial charge on any atom is -0.271 e. The van der Waals surface area contributed by atoms with E-state index in [1.54, 1.807) is 0 Å². The average Bonchev–Trinajstić information content (AvgIpc) is 2.61. The van der Waals surface area contributed by atoms with Gasteiger partial charge in [-0.3, -0.25) is 11.3 Å². The van der Waals surface area contributed by atoms with Crippen molar-refractivity contribution in [2.24, 2.45) is 11.8 Å². The molecule has 5 heteroatoms. The SMILES string of the molecule is CS(=O)(=O)CC(NN)C1CC1. The Bertz CT molecular complexity index is 221. The van der Waals surface area contributed by atoms with E-state index in [0.717, 1.165) is 12.8 Å². The van der Waals surface area contributed by atoms with Crippen molar-refractivity contribution in [3.63, 3.8) is 0 Å². The Morgan fingerprint density at radius 2 is 2.18 bits per heavy atom. The van der Waals surface area contributed by atoms with Crippen molar-refractivity contribution in [3.8, 4) is 0 Å². The molecule has 1 atom stereocenters. The molecule has 11 heavy (non-hydrogen) atoms. The van der Waals surface area contributed by atoms with Gasteiger partial charge < -0.3 is 0 Å². The summed E-state index contributed by atoms with van der Waals surface area (Å²) in [6.45, 7) is 0. The van der Waals surface area contributed by atoms with Crippen molar-refractivity contribution in [3.05, 3.63) is 0 Å². The topological polar surface area (TPSA) is 72.2 Å². The molecule has 0 aromatic heterocycles. The summed E-state index contributed by atoms with van der Waals surface area (Å²) in [5, 5.41) is 0. The summed E-state index contributed by atoms with van der Waals surface area (Å²) in [4.78, 5) is 0. The molecule has 1 aliphatic rings. The smallest absolute Gasteiger partial charge is 0.149 e. The molecule has 4 nitrogen and oxygen atoms in total. The van der Waals surface area contributed by atoms with Crippen LogP contribution in [-0.2, 0) is 9.84 Å². The quantitative estimate of drug-likeness (QED) is 0.440. The van der Waals surface area contributed by atoms with Crippen molar-refractivity contribution in [1.29, 1.82) is 0 Å². The first-order valence-electron chi connectivity index (χ1n) is 3.67. The maximum Gasteiger partial charge on any atom is 0.149 e. The minimum atomic E-state index is -2.88. The summed E-state index contributed by atoms with van der Waals surface area (Å²) in [7, 11) is -2.88. The maximum absolute atomic E-state index is 10.8. The fraction of sp³-hybridized carbons (Fsp3) is 1.00. The zero-order chi connectivity index (χ0) is 8.48. The molecule has 0 bridgehead atoms. The fourth-order valence-electron chi connectivity index (χ4n) is 1.15. The molecule has 0 aromatic rings. The molecule has 0 radical (unpaired) electrons. The predicted octanol–water partition coefficient (Wildman–Crippen LogP) is -0.727. The number of hydrogen-bond donors (Lipinski definition) is 2. The molecule has 1 rings (SSSR count). The maximum atomic E-state index is 10.8. The van der Waals surface area contributed by atoms with Crippen LogP contribution >= 0.6 is 0 Å². The molecule has 0 amide bonds. The van der Waals surface area contributed by atoms with Gasteiger partial charge in [0.1, 0.15) is 9.84 Å². The normalized spacial score (nSPS) is 21.6. The van der Waals surface area contributed by atoms with E-state index >= 15 is 0 Å². The lowest BCUT2D eigenvalue weighted by Crippen LogP contribution is -2.41. The van der Waals surface area contributed by atoms with E-state index in [-0.39, 0.29) is 11.8 Å². The molecule has 0 saturated heterocycles. The molecule has 0 heterocycles. The van der Waals surface area contributed by atoms with E-state index in [4.69, 9.17) is 5.84 Å². The summed E-state index contributed by atoms with van der Waals surface area (Å²) in [5.74, 6) is 5.85. The molecule has 0 aromatic carbocycles. The van der Waals surface area contributed by atoms with Gasteiger partial charge >= 0.3 is 0 Å². The first-order valence-corrected chi connectivity index (χ1v) is 5.73. The van der Waals surface area contributed by atoms with Gasteiger partial charge in [0, 0.05) is 12.3 Å². The van der Waals surface area contributed by atoms with Gasteiger partial charge in [0.2, 0.25) is 0 Å². The summed E-state index contributed by atoms with van der Waals surface area (Å²) in [5.41, 5.74) is 2.54. The minimum absolute atomic E-state index is 0.0370. The summed E-state index contributed by atoms with van der Waals surface area (Å²) in [6.07, 6.45) is 3.44. The number of nitrogens with one attached hydrogen (secondary N) is 1. The highest BCUT2D eigenvalue weighted by molar-refractivity contribution is 7.90. The first kappa shape index (κ1) is 8.96. The van der Waals surface area contributed by atoms with Gasteiger partial charge in [0.05, 0.1) is 5.75 Å². The second-order valence-corrected chi connectivity index (χ2v) is 5.39. The summed E-state index contributed by atoms with van der Waals surface area (Å²) in [6, 6.07) is -0.0370. The molecule has 1 aliphatic carbocycles. The molecule has 66 valence electrons. The lowest BCUT2D eigenvalue weighted by atomic mass is 10.2. The van der Waals surface area contributed by atoms with Gasteiger partial charge in [0.15, 0.2) is 0 Å².